The lowest BCUT2D eigenvalue weighted by molar-refractivity contribution is 0.300. The van der Waals surface area contributed by atoms with Crippen LogP contribution in [-0.4, -0.2) is 11.6 Å². The summed E-state index contributed by atoms with van der Waals surface area (Å²) in [5.41, 5.74) is 3.71. The van der Waals surface area contributed by atoms with Crippen LogP contribution < -0.4 is 4.74 Å². The molecule has 1 saturated carbocycles. The molecule has 0 aliphatic heterocycles. The second-order valence-corrected chi connectivity index (χ2v) is 9.83. The molecule has 1 aliphatic rings. The van der Waals surface area contributed by atoms with Crippen molar-refractivity contribution in [2.45, 2.75) is 110 Å². The standard InChI is InChI=1S/C30H45NO/c1-3-5-7-8-9-11-23-32-29-20-17-26(18-21-29)28-19-22-30(31-24-28)27-15-13-25(14-16-27)12-10-6-4-2/h17-22,24-25,27H,3-16,23H2,1-2H3. The molecule has 1 aromatic carbocycles. The fourth-order valence-corrected chi connectivity index (χ4v) is 5.06. The van der Waals surface area contributed by atoms with Crippen LogP contribution in [0, 0.1) is 5.92 Å². The molecule has 1 heterocycles. The fraction of sp³-hybridized carbons (Fsp3) is 0.633. The SMILES string of the molecule is CCCCCCCCOc1ccc(-c2ccc(C3CCC(CCCCC)CC3)nc2)cc1. The molecular formula is C30H45NO. The molecule has 0 N–H and O–H groups in total. The van der Waals surface area contributed by atoms with Gasteiger partial charge in [-0.2, -0.15) is 0 Å². The number of ether oxygens (including phenoxy) is 1. The Labute approximate surface area is 197 Å². The second kappa shape index (κ2) is 14.3. The highest BCUT2D eigenvalue weighted by atomic mass is 16.5. The average molecular weight is 436 g/mol. The fourth-order valence-electron chi connectivity index (χ4n) is 5.06. The molecule has 2 aromatic rings. The Hall–Kier alpha value is -1.83. The van der Waals surface area contributed by atoms with Gasteiger partial charge in [-0.05, 0) is 61.8 Å². The van der Waals surface area contributed by atoms with E-state index in [9.17, 15) is 0 Å². The molecular weight excluding hydrogens is 390 g/mol. The smallest absolute Gasteiger partial charge is 0.119 e. The number of nitrogens with zero attached hydrogens (tertiary/aromatic N) is 1. The summed E-state index contributed by atoms with van der Waals surface area (Å²) in [7, 11) is 0. The molecule has 1 aliphatic carbocycles. The van der Waals surface area contributed by atoms with Gasteiger partial charge in [-0.1, -0.05) is 89.8 Å². The molecule has 0 spiro atoms. The summed E-state index contributed by atoms with van der Waals surface area (Å²) >= 11 is 0. The number of unbranched alkanes of at least 4 members (excludes halogenated alkanes) is 7. The minimum absolute atomic E-state index is 0.657. The molecule has 1 fully saturated rings. The number of hydrogen-bond acceptors (Lipinski definition) is 2. The summed E-state index contributed by atoms with van der Waals surface area (Å²) in [6.45, 7) is 5.38. The summed E-state index contributed by atoms with van der Waals surface area (Å²) < 4.78 is 5.93. The number of benzene rings is 1. The minimum atomic E-state index is 0.657. The van der Waals surface area contributed by atoms with Crippen LogP contribution in [0.15, 0.2) is 42.6 Å². The third kappa shape index (κ3) is 8.26. The topological polar surface area (TPSA) is 22.1 Å². The van der Waals surface area contributed by atoms with Crippen molar-refractivity contribution in [1.82, 2.24) is 4.98 Å². The normalized spacial score (nSPS) is 18.6. The van der Waals surface area contributed by atoms with Crippen molar-refractivity contribution in [2.75, 3.05) is 6.61 Å². The van der Waals surface area contributed by atoms with Gasteiger partial charge in [0.05, 0.1) is 6.61 Å². The van der Waals surface area contributed by atoms with Gasteiger partial charge in [0.2, 0.25) is 0 Å². The van der Waals surface area contributed by atoms with Crippen molar-refractivity contribution < 1.29 is 4.74 Å². The number of hydrogen-bond donors (Lipinski definition) is 0. The third-order valence-corrected chi connectivity index (χ3v) is 7.22. The summed E-state index contributed by atoms with van der Waals surface area (Å²) in [6.07, 6.45) is 20.8. The van der Waals surface area contributed by atoms with Crippen molar-refractivity contribution >= 4 is 0 Å². The Bertz CT molecular complexity index is 728. The first kappa shape index (κ1) is 24.8. The van der Waals surface area contributed by atoms with Crippen LogP contribution in [0.4, 0.5) is 0 Å². The Balaban J connectivity index is 1.41. The van der Waals surface area contributed by atoms with E-state index in [4.69, 9.17) is 9.72 Å². The molecule has 0 atom stereocenters. The lowest BCUT2D eigenvalue weighted by Gasteiger charge is -2.28. The molecule has 1 aromatic heterocycles. The Morgan fingerprint density at radius 3 is 2.06 bits per heavy atom. The van der Waals surface area contributed by atoms with Gasteiger partial charge in [0, 0.05) is 23.4 Å². The molecule has 0 radical (unpaired) electrons. The molecule has 2 nitrogen and oxygen atoms in total. The van der Waals surface area contributed by atoms with E-state index >= 15 is 0 Å². The molecule has 176 valence electrons. The van der Waals surface area contributed by atoms with Crippen molar-refractivity contribution in [3.05, 3.63) is 48.3 Å². The second-order valence-electron chi connectivity index (χ2n) is 9.83. The largest absolute Gasteiger partial charge is 0.494 e. The maximum Gasteiger partial charge on any atom is 0.119 e. The van der Waals surface area contributed by atoms with E-state index in [1.807, 2.05) is 0 Å². The lowest BCUT2D eigenvalue weighted by Crippen LogP contribution is -2.14. The van der Waals surface area contributed by atoms with Crippen LogP contribution >= 0.6 is 0 Å². The van der Waals surface area contributed by atoms with Crippen molar-refractivity contribution in [1.29, 1.82) is 0 Å². The van der Waals surface area contributed by atoms with Gasteiger partial charge in [-0.25, -0.2) is 0 Å². The maximum absolute atomic E-state index is 5.93. The van der Waals surface area contributed by atoms with E-state index in [1.165, 1.54) is 100 Å². The lowest BCUT2D eigenvalue weighted by atomic mass is 9.78. The first-order valence-corrected chi connectivity index (χ1v) is 13.5. The quantitative estimate of drug-likeness (QED) is 0.276. The van der Waals surface area contributed by atoms with Gasteiger partial charge < -0.3 is 4.74 Å². The van der Waals surface area contributed by atoms with Gasteiger partial charge in [-0.15, -0.1) is 0 Å². The summed E-state index contributed by atoms with van der Waals surface area (Å²) in [5.74, 6) is 2.59. The van der Waals surface area contributed by atoms with Crippen LogP contribution in [0.5, 0.6) is 5.75 Å². The van der Waals surface area contributed by atoms with E-state index in [-0.39, 0.29) is 0 Å². The van der Waals surface area contributed by atoms with Gasteiger partial charge >= 0.3 is 0 Å². The maximum atomic E-state index is 5.93. The van der Waals surface area contributed by atoms with Gasteiger partial charge in [0.25, 0.3) is 0 Å². The third-order valence-electron chi connectivity index (χ3n) is 7.22. The highest BCUT2D eigenvalue weighted by molar-refractivity contribution is 5.63. The Morgan fingerprint density at radius 2 is 1.38 bits per heavy atom. The van der Waals surface area contributed by atoms with Crippen LogP contribution in [0.2, 0.25) is 0 Å². The Kier molecular flexibility index (Phi) is 11.1. The predicted octanol–water partition coefficient (Wildman–Crippen LogP) is 9.34. The van der Waals surface area contributed by atoms with Crippen molar-refractivity contribution in [3.8, 4) is 16.9 Å². The molecule has 0 amide bonds. The van der Waals surface area contributed by atoms with Gasteiger partial charge in [0.15, 0.2) is 0 Å². The predicted molar refractivity (Wildman–Crippen MR) is 137 cm³/mol. The Morgan fingerprint density at radius 1 is 0.719 bits per heavy atom. The van der Waals surface area contributed by atoms with E-state index < -0.39 is 0 Å². The first-order chi connectivity index (χ1) is 15.8. The zero-order chi connectivity index (χ0) is 22.4. The van der Waals surface area contributed by atoms with Crippen LogP contribution in [0.1, 0.15) is 115 Å². The molecule has 0 bridgehead atoms. The van der Waals surface area contributed by atoms with E-state index in [2.05, 4.69) is 56.4 Å². The highest BCUT2D eigenvalue weighted by Crippen LogP contribution is 2.37. The van der Waals surface area contributed by atoms with Crippen LogP contribution in [0.25, 0.3) is 11.1 Å². The molecule has 3 rings (SSSR count). The summed E-state index contributed by atoms with van der Waals surface area (Å²) in [4.78, 5) is 4.86. The zero-order valence-electron chi connectivity index (χ0n) is 20.7. The van der Waals surface area contributed by atoms with Crippen LogP contribution in [-0.2, 0) is 0 Å². The zero-order valence-corrected chi connectivity index (χ0v) is 20.7. The molecule has 2 heteroatoms. The minimum Gasteiger partial charge on any atom is -0.494 e. The highest BCUT2D eigenvalue weighted by Gasteiger charge is 2.22. The first-order valence-electron chi connectivity index (χ1n) is 13.5. The van der Waals surface area contributed by atoms with E-state index in [1.54, 1.807) is 0 Å². The van der Waals surface area contributed by atoms with Gasteiger partial charge in [0.1, 0.15) is 5.75 Å². The average Bonchev–Trinajstić information content (AvgIpc) is 2.85. The van der Waals surface area contributed by atoms with Crippen LogP contribution in [0.3, 0.4) is 0 Å². The summed E-state index contributed by atoms with van der Waals surface area (Å²) in [6, 6.07) is 13.0. The van der Waals surface area contributed by atoms with Crippen molar-refractivity contribution in [2.24, 2.45) is 5.92 Å². The number of pyridine rings is 1. The monoisotopic (exact) mass is 435 g/mol. The molecule has 32 heavy (non-hydrogen) atoms. The molecule has 0 saturated heterocycles. The van der Waals surface area contributed by atoms with E-state index in [0.29, 0.717) is 5.92 Å². The molecule has 0 unspecified atom stereocenters. The summed E-state index contributed by atoms with van der Waals surface area (Å²) in [5, 5.41) is 0. The van der Waals surface area contributed by atoms with E-state index in [0.717, 1.165) is 24.7 Å². The number of rotatable bonds is 14. The van der Waals surface area contributed by atoms with Crippen molar-refractivity contribution in [3.63, 3.8) is 0 Å². The van der Waals surface area contributed by atoms with Gasteiger partial charge in [-0.3, -0.25) is 4.98 Å². The number of aromatic nitrogens is 1.